The van der Waals surface area contributed by atoms with Gasteiger partial charge in [-0.05, 0) is 24.3 Å². The molecule has 0 saturated carbocycles. The highest BCUT2D eigenvalue weighted by atomic mass is 32.2. The normalized spacial score (nSPS) is 10.6. The number of benzene rings is 2. The molecule has 138 valence electrons. The molecule has 1 N–H and O–H groups in total. The standard InChI is InChI=1S/C21H17N5OS/c27-19(23-17-10-7-13-22-14-17)15-28-21-25-24-20(16-8-3-1-4-9-16)26(21)18-11-5-2-6-12-18/h1-14H,15H2,(H,23,27). The molecule has 2 aromatic heterocycles. The van der Waals surface area contributed by atoms with Gasteiger partial charge in [-0.3, -0.25) is 14.3 Å². The van der Waals surface area contributed by atoms with Crippen LogP contribution in [0.25, 0.3) is 17.1 Å². The first-order chi connectivity index (χ1) is 13.8. The molecular weight excluding hydrogens is 370 g/mol. The van der Waals surface area contributed by atoms with Gasteiger partial charge in [-0.15, -0.1) is 10.2 Å². The van der Waals surface area contributed by atoms with Crippen molar-refractivity contribution in [3.8, 4) is 17.1 Å². The monoisotopic (exact) mass is 387 g/mol. The van der Waals surface area contributed by atoms with Crippen molar-refractivity contribution in [1.29, 1.82) is 0 Å². The Hall–Kier alpha value is -3.45. The van der Waals surface area contributed by atoms with Crippen LogP contribution in [0, 0.1) is 0 Å². The highest BCUT2D eigenvalue weighted by Crippen LogP contribution is 2.27. The number of nitrogens with one attached hydrogen (secondary N) is 1. The molecule has 0 spiro atoms. The van der Waals surface area contributed by atoms with Gasteiger partial charge >= 0.3 is 0 Å². The largest absolute Gasteiger partial charge is 0.324 e. The number of hydrogen-bond acceptors (Lipinski definition) is 5. The second kappa shape index (κ2) is 8.49. The Morgan fingerprint density at radius 2 is 1.68 bits per heavy atom. The molecule has 4 rings (SSSR count). The van der Waals surface area contributed by atoms with Crippen LogP contribution in [0.2, 0.25) is 0 Å². The van der Waals surface area contributed by atoms with E-state index in [1.54, 1.807) is 24.5 Å². The predicted molar refractivity (Wildman–Crippen MR) is 110 cm³/mol. The Balaban J connectivity index is 1.59. The van der Waals surface area contributed by atoms with E-state index in [1.807, 2.05) is 65.2 Å². The molecule has 6 nitrogen and oxygen atoms in total. The third kappa shape index (κ3) is 4.10. The number of rotatable bonds is 6. The van der Waals surface area contributed by atoms with Crippen molar-refractivity contribution in [2.24, 2.45) is 0 Å². The number of pyridine rings is 1. The summed E-state index contributed by atoms with van der Waals surface area (Å²) in [6.45, 7) is 0. The van der Waals surface area contributed by atoms with E-state index in [4.69, 9.17) is 0 Å². The number of anilines is 1. The van der Waals surface area contributed by atoms with Gasteiger partial charge in [-0.1, -0.05) is 60.3 Å². The minimum atomic E-state index is -0.123. The van der Waals surface area contributed by atoms with Gasteiger partial charge in [0, 0.05) is 17.4 Å². The van der Waals surface area contributed by atoms with E-state index in [1.165, 1.54) is 11.8 Å². The molecule has 0 fully saturated rings. The fourth-order valence-electron chi connectivity index (χ4n) is 2.71. The lowest BCUT2D eigenvalue weighted by atomic mass is 10.2. The molecule has 0 bridgehead atoms. The maximum absolute atomic E-state index is 12.3. The lowest BCUT2D eigenvalue weighted by Crippen LogP contribution is -2.14. The van der Waals surface area contributed by atoms with Crippen LogP contribution in [0.4, 0.5) is 5.69 Å². The minimum Gasteiger partial charge on any atom is -0.324 e. The van der Waals surface area contributed by atoms with E-state index in [0.29, 0.717) is 10.8 Å². The lowest BCUT2D eigenvalue weighted by molar-refractivity contribution is -0.113. The second-order valence-electron chi connectivity index (χ2n) is 5.92. The second-order valence-corrected chi connectivity index (χ2v) is 6.86. The summed E-state index contributed by atoms with van der Waals surface area (Å²) in [4.78, 5) is 16.3. The fraction of sp³-hybridized carbons (Fsp3) is 0.0476. The zero-order chi connectivity index (χ0) is 19.2. The fourth-order valence-corrected chi connectivity index (χ4v) is 3.46. The highest BCUT2D eigenvalue weighted by molar-refractivity contribution is 7.99. The molecular formula is C21H17N5OS. The molecule has 1 amide bonds. The number of para-hydroxylation sites is 1. The molecule has 7 heteroatoms. The Morgan fingerprint density at radius 1 is 0.929 bits per heavy atom. The SMILES string of the molecule is O=C(CSc1nnc(-c2ccccc2)n1-c1ccccc1)Nc1cccnc1. The first kappa shape index (κ1) is 17.9. The summed E-state index contributed by atoms with van der Waals surface area (Å²) in [6, 6.07) is 23.3. The van der Waals surface area contributed by atoms with E-state index in [0.717, 1.165) is 17.1 Å². The number of aromatic nitrogens is 4. The molecule has 0 atom stereocenters. The average Bonchev–Trinajstić information content (AvgIpc) is 3.18. The van der Waals surface area contributed by atoms with Crippen LogP contribution < -0.4 is 5.32 Å². The predicted octanol–water partition coefficient (Wildman–Crippen LogP) is 4.06. The van der Waals surface area contributed by atoms with Crippen molar-refractivity contribution < 1.29 is 4.79 Å². The quantitative estimate of drug-likeness (QED) is 0.505. The summed E-state index contributed by atoms with van der Waals surface area (Å²) >= 11 is 1.34. The van der Waals surface area contributed by atoms with Crippen molar-refractivity contribution in [3.63, 3.8) is 0 Å². The zero-order valence-corrected chi connectivity index (χ0v) is 15.7. The average molecular weight is 387 g/mol. The molecule has 0 aliphatic rings. The third-order valence-corrected chi connectivity index (χ3v) is 4.89. The van der Waals surface area contributed by atoms with Gasteiger partial charge in [0.2, 0.25) is 5.91 Å². The van der Waals surface area contributed by atoms with Gasteiger partial charge in [-0.2, -0.15) is 0 Å². The molecule has 0 aliphatic carbocycles. The highest BCUT2D eigenvalue weighted by Gasteiger charge is 2.17. The van der Waals surface area contributed by atoms with E-state index in [-0.39, 0.29) is 11.7 Å². The number of nitrogens with zero attached hydrogens (tertiary/aromatic N) is 4. The smallest absolute Gasteiger partial charge is 0.234 e. The summed E-state index contributed by atoms with van der Waals surface area (Å²) < 4.78 is 1.97. The Morgan fingerprint density at radius 3 is 2.39 bits per heavy atom. The van der Waals surface area contributed by atoms with Crippen molar-refractivity contribution in [3.05, 3.63) is 85.2 Å². The van der Waals surface area contributed by atoms with E-state index in [2.05, 4.69) is 20.5 Å². The van der Waals surface area contributed by atoms with Crippen molar-refractivity contribution >= 4 is 23.4 Å². The molecule has 2 heterocycles. The zero-order valence-electron chi connectivity index (χ0n) is 14.9. The molecule has 2 aromatic carbocycles. The molecule has 0 radical (unpaired) electrons. The van der Waals surface area contributed by atoms with Crippen molar-refractivity contribution in [1.82, 2.24) is 19.7 Å². The lowest BCUT2D eigenvalue weighted by Gasteiger charge is -2.10. The first-order valence-corrected chi connectivity index (χ1v) is 9.69. The molecule has 4 aromatic rings. The Bertz CT molecular complexity index is 1050. The minimum absolute atomic E-state index is 0.123. The summed E-state index contributed by atoms with van der Waals surface area (Å²) in [7, 11) is 0. The summed E-state index contributed by atoms with van der Waals surface area (Å²) in [5, 5.41) is 12.2. The van der Waals surface area contributed by atoms with Crippen molar-refractivity contribution in [2.75, 3.05) is 11.1 Å². The first-order valence-electron chi connectivity index (χ1n) is 8.70. The summed E-state index contributed by atoms with van der Waals surface area (Å²) in [5.41, 5.74) is 2.58. The van der Waals surface area contributed by atoms with E-state index in [9.17, 15) is 4.79 Å². The van der Waals surface area contributed by atoms with Gasteiger partial charge in [0.1, 0.15) is 0 Å². The third-order valence-electron chi connectivity index (χ3n) is 3.96. The van der Waals surface area contributed by atoms with Crippen LogP contribution in [0.5, 0.6) is 0 Å². The number of thioether (sulfide) groups is 1. The summed E-state index contributed by atoms with van der Waals surface area (Å²) in [6.07, 6.45) is 3.28. The Labute approximate surface area is 166 Å². The number of carbonyl (C=O) groups is 1. The van der Waals surface area contributed by atoms with Gasteiger partial charge in [0.05, 0.1) is 17.6 Å². The van der Waals surface area contributed by atoms with Crippen LogP contribution >= 0.6 is 11.8 Å². The van der Waals surface area contributed by atoms with Gasteiger partial charge in [0.25, 0.3) is 0 Å². The van der Waals surface area contributed by atoms with Gasteiger partial charge in [-0.25, -0.2) is 0 Å². The van der Waals surface area contributed by atoms with Crippen LogP contribution in [-0.4, -0.2) is 31.4 Å². The number of carbonyl (C=O) groups excluding carboxylic acids is 1. The number of amides is 1. The number of hydrogen-bond donors (Lipinski definition) is 1. The molecule has 0 aliphatic heterocycles. The maximum Gasteiger partial charge on any atom is 0.234 e. The van der Waals surface area contributed by atoms with Gasteiger partial charge in [0.15, 0.2) is 11.0 Å². The summed E-state index contributed by atoms with van der Waals surface area (Å²) in [5.74, 6) is 0.832. The van der Waals surface area contributed by atoms with Gasteiger partial charge < -0.3 is 5.32 Å². The molecule has 0 unspecified atom stereocenters. The van der Waals surface area contributed by atoms with E-state index >= 15 is 0 Å². The van der Waals surface area contributed by atoms with Crippen molar-refractivity contribution in [2.45, 2.75) is 5.16 Å². The van der Waals surface area contributed by atoms with Crippen LogP contribution in [0.1, 0.15) is 0 Å². The van der Waals surface area contributed by atoms with Crippen LogP contribution in [0.15, 0.2) is 90.3 Å². The Kier molecular flexibility index (Phi) is 5.44. The van der Waals surface area contributed by atoms with Crippen LogP contribution in [-0.2, 0) is 4.79 Å². The molecule has 0 saturated heterocycles. The topological polar surface area (TPSA) is 72.7 Å². The maximum atomic E-state index is 12.3. The van der Waals surface area contributed by atoms with Crippen LogP contribution in [0.3, 0.4) is 0 Å². The molecule has 28 heavy (non-hydrogen) atoms. The van der Waals surface area contributed by atoms with E-state index < -0.39 is 0 Å².